The average molecular weight is 517 g/mol. The van der Waals surface area contributed by atoms with Gasteiger partial charge in [0.05, 0.1) is 26.2 Å². The summed E-state index contributed by atoms with van der Waals surface area (Å²) in [5.41, 5.74) is 16.5. The lowest BCUT2D eigenvalue weighted by atomic mass is 9.64. The standard InChI is InChI=1S/C29H41B2N3O4/c1-4-22-25(15-32)23(5-2)27(19-34-17-21-12-8-10-14-29(21)31(34,37)38)24(6-3)26(22)18-33-16-20-11-7-9-13-28(20)30(33,35)36/h7-14,33-38H,4-6,15-19,32H2,1-3H3. The Morgan fingerprint density at radius 1 is 0.605 bits per heavy atom. The molecule has 0 saturated carbocycles. The summed E-state index contributed by atoms with van der Waals surface area (Å²) in [6.45, 7) is 3.33. The summed E-state index contributed by atoms with van der Waals surface area (Å²) in [5, 5.41) is 45.1. The zero-order valence-electron chi connectivity index (χ0n) is 22.8. The maximum absolute atomic E-state index is 11.3. The molecule has 38 heavy (non-hydrogen) atoms. The van der Waals surface area contributed by atoms with Crippen LogP contribution in [0.25, 0.3) is 0 Å². The number of hydrogen-bond acceptors (Lipinski definition) is 5. The molecule has 0 saturated heterocycles. The first-order chi connectivity index (χ1) is 18.2. The van der Waals surface area contributed by atoms with Crippen molar-refractivity contribution in [1.82, 2.24) is 0 Å². The Bertz CT molecular complexity index is 1270. The van der Waals surface area contributed by atoms with Gasteiger partial charge in [-0.1, -0.05) is 80.2 Å². The summed E-state index contributed by atoms with van der Waals surface area (Å²) in [5.74, 6) is 0. The Labute approximate surface area is 225 Å². The lowest BCUT2D eigenvalue weighted by Gasteiger charge is -2.36. The van der Waals surface area contributed by atoms with Crippen LogP contribution in [0.3, 0.4) is 0 Å². The van der Waals surface area contributed by atoms with Crippen molar-refractivity contribution < 1.29 is 29.7 Å². The molecule has 3 aromatic rings. The van der Waals surface area contributed by atoms with Gasteiger partial charge in [0.2, 0.25) is 0 Å². The van der Waals surface area contributed by atoms with Crippen LogP contribution >= 0.6 is 0 Å². The lowest BCUT2D eigenvalue weighted by molar-refractivity contribution is -0.838. The molecule has 8 N–H and O–H groups in total. The van der Waals surface area contributed by atoms with Gasteiger partial charge in [0.1, 0.15) is 0 Å². The van der Waals surface area contributed by atoms with Gasteiger partial charge in [-0.25, -0.2) is 0 Å². The van der Waals surface area contributed by atoms with Crippen molar-refractivity contribution in [3.63, 3.8) is 0 Å². The number of hydrogen-bond donors (Lipinski definition) is 7. The minimum absolute atomic E-state index is 0.393. The number of fused-ring (bicyclic) bond motifs is 2. The first-order valence-electron chi connectivity index (χ1n) is 14.1. The normalized spacial score (nSPS) is 20.9. The van der Waals surface area contributed by atoms with Crippen LogP contribution in [0.2, 0.25) is 0 Å². The Morgan fingerprint density at radius 2 is 0.974 bits per heavy atom. The molecule has 2 heterocycles. The van der Waals surface area contributed by atoms with Gasteiger partial charge in [-0.2, -0.15) is 0 Å². The molecule has 7 nitrogen and oxygen atoms in total. The van der Waals surface area contributed by atoms with Gasteiger partial charge in [-0.3, -0.25) is 0 Å². The van der Waals surface area contributed by atoms with Gasteiger partial charge in [0, 0.05) is 17.7 Å². The minimum Gasteiger partial charge on any atom is -0.524 e. The number of nitrogens with two attached hydrogens (primary N) is 1. The van der Waals surface area contributed by atoms with E-state index in [1.54, 1.807) is 0 Å². The van der Waals surface area contributed by atoms with Gasteiger partial charge < -0.3 is 35.5 Å². The van der Waals surface area contributed by atoms with Crippen LogP contribution in [-0.2, 0) is 52.0 Å². The van der Waals surface area contributed by atoms with Crippen molar-refractivity contribution in [3.8, 4) is 0 Å². The first kappa shape index (κ1) is 27.1. The van der Waals surface area contributed by atoms with E-state index in [-0.39, 0.29) is 0 Å². The van der Waals surface area contributed by atoms with Crippen LogP contribution in [0.15, 0.2) is 48.5 Å². The summed E-state index contributed by atoms with van der Waals surface area (Å²) < 4.78 is 0. The van der Waals surface area contributed by atoms with Crippen molar-refractivity contribution in [2.75, 3.05) is 0 Å². The largest absolute Gasteiger partial charge is 0.524 e. The predicted octanol–water partition coefficient (Wildman–Crippen LogP) is -1.71. The monoisotopic (exact) mass is 517 g/mol. The molecule has 0 amide bonds. The third kappa shape index (κ3) is 4.23. The highest BCUT2D eigenvalue weighted by Crippen LogP contribution is 2.30. The van der Waals surface area contributed by atoms with Gasteiger partial charge >= 0.3 is 13.4 Å². The van der Waals surface area contributed by atoms with Crippen LogP contribution in [-0.4, -0.2) is 33.5 Å². The van der Waals surface area contributed by atoms with E-state index in [2.05, 4.69) is 20.8 Å². The third-order valence-corrected chi connectivity index (χ3v) is 9.21. The summed E-state index contributed by atoms with van der Waals surface area (Å²) in [4.78, 5) is 1.47. The highest BCUT2D eigenvalue weighted by Gasteiger charge is 2.46. The molecular formula is C29H41B2N3O4. The second kappa shape index (κ2) is 10.2. The molecule has 2 unspecified atom stereocenters. The lowest BCUT2D eigenvalue weighted by Crippen LogP contribution is -3.21. The van der Waals surface area contributed by atoms with E-state index in [9.17, 15) is 20.1 Å². The molecule has 2 aliphatic rings. The smallest absolute Gasteiger partial charge is 0.497 e. The molecule has 0 radical (unpaired) electrons. The molecule has 202 valence electrons. The molecule has 2 atom stereocenters. The Kier molecular flexibility index (Phi) is 7.30. The van der Waals surface area contributed by atoms with E-state index < -0.39 is 13.4 Å². The maximum Gasteiger partial charge on any atom is 0.497 e. The first-order valence-corrected chi connectivity index (χ1v) is 14.1. The van der Waals surface area contributed by atoms with Gasteiger partial charge in [-0.05, 0) is 52.6 Å². The topological polar surface area (TPSA) is 116 Å². The molecule has 5 rings (SSSR count). The van der Waals surface area contributed by atoms with E-state index >= 15 is 0 Å². The summed E-state index contributed by atoms with van der Waals surface area (Å²) in [6, 6.07) is 15.2. The number of quaternary nitrogens is 2. The molecule has 2 aliphatic heterocycles. The highest BCUT2D eigenvalue weighted by atomic mass is 16.4. The summed E-state index contributed by atoms with van der Waals surface area (Å²) in [7, 11) is 0. The van der Waals surface area contributed by atoms with Crippen molar-refractivity contribution >= 4 is 24.3 Å². The summed E-state index contributed by atoms with van der Waals surface area (Å²) >= 11 is 0. The average Bonchev–Trinajstić information content (AvgIpc) is 3.32. The minimum atomic E-state index is -2.76. The van der Waals surface area contributed by atoms with E-state index in [1.165, 1.54) is 16.7 Å². The van der Waals surface area contributed by atoms with E-state index in [0.717, 1.165) is 56.7 Å². The maximum atomic E-state index is 11.3. The van der Waals surface area contributed by atoms with E-state index in [1.807, 2.05) is 48.5 Å². The molecular weight excluding hydrogens is 476 g/mol. The zero-order chi connectivity index (χ0) is 27.2. The number of rotatable bonds is 8. The molecule has 0 fully saturated rings. The van der Waals surface area contributed by atoms with Gasteiger partial charge in [0.25, 0.3) is 0 Å². The quantitative estimate of drug-likeness (QED) is 0.180. The Morgan fingerprint density at radius 3 is 1.32 bits per heavy atom. The fraction of sp³-hybridized carbons (Fsp3) is 0.379. The molecule has 0 aliphatic carbocycles. The fourth-order valence-corrected chi connectivity index (χ4v) is 7.30. The second-order valence-electron chi connectivity index (χ2n) is 11.1. The van der Waals surface area contributed by atoms with E-state index in [0.29, 0.717) is 43.6 Å². The van der Waals surface area contributed by atoms with Gasteiger partial charge in [-0.15, -0.1) is 0 Å². The summed E-state index contributed by atoms with van der Waals surface area (Å²) in [6.07, 6.45) is 2.37. The van der Waals surface area contributed by atoms with Crippen LogP contribution in [0.4, 0.5) is 0 Å². The van der Waals surface area contributed by atoms with Crippen LogP contribution in [0.1, 0.15) is 65.3 Å². The van der Waals surface area contributed by atoms with Crippen molar-refractivity contribution in [3.05, 3.63) is 93.0 Å². The van der Waals surface area contributed by atoms with Gasteiger partial charge in [0.15, 0.2) is 0 Å². The SMILES string of the molecule is CCc1c(CN)c(CC)c(C[NH+]2Cc3ccccc3[B-]2(O)O)c(CC)c1C[NH+]1Cc2ccccc2[B-]1(O)O. The fourth-order valence-electron chi connectivity index (χ4n) is 7.30. The highest BCUT2D eigenvalue weighted by molar-refractivity contribution is 6.72. The zero-order valence-corrected chi connectivity index (χ0v) is 22.8. The number of benzene rings is 3. The molecule has 9 heteroatoms. The van der Waals surface area contributed by atoms with Crippen molar-refractivity contribution in [2.45, 2.75) is 72.8 Å². The van der Waals surface area contributed by atoms with Crippen LogP contribution in [0, 0.1) is 0 Å². The third-order valence-electron chi connectivity index (χ3n) is 9.21. The van der Waals surface area contributed by atoms with Crippen molar-refractivity contribution in [2.24, 2.45) is 5.73 Å². The Hall–Kier alpha value is -2.49. The van der Waals surface area contributed by atoms with Crippen molar-refractivity contribution in [1.29, 1.82) is 0 Å². The van der Waals surface area contributed by atoms with Crippen LogP contribution < -0.4 is 26.3 Å². The molecule has 0 bridgehead atoms. The Balaban J connectivity index is 1.61. The van der Waals surface area contributed by atoms with E-state index in [4.69, 9.17) is 5.73 Å². The predicted molar refractivity (Wildman–Crippen MR) is 152 cm³/mol. The molecule has 0 spiro atoms. The molecule has 0 aromatic heterocycles. The second-order valence-corrected chi connectivity index (χ2v) is 11.1. The van der Waals surface area contributed by atoms with Crippen LogP contribution in [0.5, 0.6) is 0 Å². The molecule has 3 aromatic carbocycles. The number of nitrogens with one attached hydrogen (secondary N) is 2.